The highest BCUT2D eigenvalue weighted by Gasteiger charge is 2.16. The van der Waals surface area contributed by atoms with Gasteiger partial charge in [0.25, 0.3) is 0 Å². The van der Waals surface area contributed by atoms with Crippen LogP contribution in [-0.2, 0) is 13.1 Å². The van der Waals surface area contributed by atoms with Gasteiger partial charge >= 0.3 is 6.03 Å². The fourth-order valence-corrected chi connectivity index (χ4v) is 3.59. The number of urea groups is 1. The van der Waals surface area contributed by atoms with Gasteiger partial charge in [0, 0.05) is 30.7 Å². The molecule has 0 spiro atoms. The van der Waals surface area contributed by atoms with Crippen LogP contribution in [0.3, 0.4) is 0 Å². The van der Waals surface area contributed by atoms with Gasteiger partial charge < -0.3 is 14.8 Å². The zero-order valence-corrected chi connectivity index (χ0v) is 18.3. The number of rotatable bonds is 9. The monoisotopic (exact) mass is 414 g/mol. The zero-order valence-electron chi connectivity index (χ0n) is 18.3. The molecular weight excluding hydrogens is 384 g/mol. The second-order valence-corrected chi connectivity index (χ2v) is 7.81. The van der Waals surface area contributed by atoms with E-state index in [1.54, 1.807) is 18.2 Å². The maximum absolute atomic E-state index is 13.1. The van der Waals surface area contributed by atoms with E-state index >= 15 is 0 Å². The topological polar surface area (TPSA) is 61.1 Å². The first kappa shape index (κ1) is 22.2. The molecule has 2 amide bonds. The summed E-state index contributed by atoms with van der Waals surface area (Å²) in [5.41, 5.74) is 4.80. The lowest BCUT2D eigenvalue weighted by Crippen LogP contribution is -2.36. The average Bonchev–Trinajstić information content (AvgIpc) is 3.21. The Morgan fingerprint density at radius 2 is 1.94 bits per heavy atom. The fourth-order valence-electron chi connectivity index (χ4n) is 3.59. The van der Waals surface area contributed by atoms with Gasteiger partial charge in [-0.05, 0) is 54.8 Å². The van der Waals surface area contributed by atoms with Gasteiger partial charge in [0.2, 0.25) is 0 Å². The first-order chi connectivity index (χ1) is 15.1. The molecule has 5 nitrogen and oxygen atoms in total. The number of carbonyl (C=O) groups is 1. The molecule has 0 bridgehead atoms. The van der Waals surface area contributed by atoms with Crippen molar-refractivity contribution in [1.29, 1.82) is 5.26 Å². The number of aromatic nitrogens is 1. The predicted molar refractivity (Wildman–Crippen MR) is 125 cm³/mol. The molecule has 5 heteroatoms. The van der Waals surface area contributed by atoms with Crippen molar-refractivity contribution < 1.29 is 4.79 Å². The number of nitrogens with one attached hydrogen (secondary N) is 1. The molecule has 160 valence electrons. The van der Waals surface area contributed by atoms with Gasteiger partial charge in [0.15, 0.2) is 0 Å². The Balaban J connectivity index is 1.75. The Morgan fingerprint density at radius 1 is 1.10 bits per heavy atom. The molecular formula is C26H30N4O. The van der Waals surface area contributed by atoms with Crippen LogP contribution in [0.1, 0.15) is 48.6 Å². The molecule has 0 atom stereocenters. The number of amides is 2. The molecule has 0 aliphatic heterocycles. The summed E-state index contributed by atoms with van der Waals surface area (Å²) in [6.45, 7) is 6.28. The van der Waals surface area contributed by atoms with Gasteiger partial charge in [-0.1, -0.05) is 50.1 Å². The largest absolute Gasteiger partial charge is 0.345 e. The first-order valence-corrected chi connectivity index (χ1v) is 10.9. The number of carbonyl (C=O) groups excluding carboxylic acids is 1. The van der Waals surface area contributed by atoms with Crippen molar-refractivity contribution in [1.82, 2.24) is 9.47 Å². The van der Waals surface area contributed by atoms with Gasteiger partial charge in [0.1, 0.15) is 0 Å². The molecule has 0 aliphatic rings. The molecule has 1 N–H and O–H groups in total. The van der Waals surface area contributed by atoms with Gasteiger partial charge in [-0.2, -0.15) is 5.26 Å². The smallest absolute Gasteiger partial charge is 0.322 e. The lowest BCUT2D eigenvalue weighted by molar-refractivity contribution is 0.206. The summed E-state index contributed by atoms with van der Waals surface area (Å²) in [5, 5.41) is 12.1. The predicted octanol–water partition coefficient (Wildman–Crippen LogP) is 5.94. The summed E-state index contributed by atoms with van der Waals surface area (Å²) in [6, 6.07) is 21.5. The second-order valence-electron chi connectivity index (χ2n) is 7.81. The van der Waals surface area contributed by atoms with Crippen molar-refractivity contribution in [3.63, 3.8) is 0 Å². The van der Waals surface area contributed by atoms with Gasteiger partial charge in [-0.3, -0.25) is 0 Å². The van der Waals surface area contributed by atoms with Crippen molar-refractivity contribution in [2.45, 2.75) is 46.2 Å². The molecule has 0 fully saturated rings. The minimum Gasteiger partial charge on any atom is -0.345 e. The number of anilines is 1. The number of unbranched alkanes of at least 4 members (excludes halogenated alkanes) is 2. The Labute approximate surface area is 184 Å². The van der Waals surface area contributed by atoms with Crippen LogP contribution >= 0.6 is 0 Å². The van der Waals surface area contributed by atoms with E-state index in [2.05, 4.69) is 66.3 Å². The van der Waals surface area contributed by atoms with Gasteiger partial charge in [-0.25, -0.2) is 4.79 Å². The van der Waals surface area contributed by atoms with Gasteiger partial charge in [-0.15, -0.1) is 0 Å². The van der Waals surface area contributed by atoms with E-state index in [0.717, 1.165) is 31.5 Å². The number of aryl methyl sites for hydroxylation is 1. The summed E-state index contributed by atoms with van der Waals surface area (Å²) in [4.78, 5) is 14.9. The van der Waals surface area contributed by atoms with E-state index in [1.807, 2.05) is 17.0 Å². The molecule has 0 radical (unpaired) electrons. The number of hydrogen-bond acceptors (Lipinski definition) is 2. The molecule has 0 aliphatic carbocycles. The molecule has 0 saturated carbocycles. The molecule has 2 aromatic carbocycles. The van der Waals surface area contributed by atoms with Crippen LogP contribution in [0.15, 0.2) is 66.9 Å². The Morgan fingerprint density at radius 3 is 2.71 bits per heavy atom. The molecule has 3 aromatic rings. The van der Waals surface area contributed by atoms with Crippen molar-refractivity contribution in [3.8, 4) is 6.07 Å². The quantitative estimate of drug-likeness (QED) is 0.440. The highest BCUT2D eigenvalue weighted by molar-refractivity contribution is 5.89. The molecule has 1 heterocycles. The Bertz CT molecular complexity index is 1050. The summed E-state index contributed by atoms with van der Waals surface area (Å²) in [6.07, 6.45) is 5.21. The maximum atomic E-state index is 13.1. The second kappa shape index (κ2) is 11.0. The third-order valence-corrected chi connectivity index (χ3v) is 5.44. The highest BCUT2D eigenvalue weighted by Crippen LogP contribution is 2.16. The number of nitrogens with zero attached hydrogens (tertiary/aromatic N) is 3. The van der Waals surface area contributed by atoms with Crippen LogP contribution in [0.2, 0.25) is 0 Å². The fraction of sp³-hybridized carbons (Fsp3) is 0.308. The zero-order chi connectivity index (χ0) is 22.1. The van der Waals surface area contributed by atoms with E-state index in [9.17, 15) is 4.79 Å². The standard InChI is InChI=1S/C26H30N4O/c1-3-4-7-15-30(26(31)28-24-13-8-11-22(17-24)18-27)20-25-14-9-16-29(25)19-23-12-6-5-10-21(23)2/h5-6,8-14,16-17H,3-4,7,15,19-20H2,1-2H3,(H,28,31). The number of hydrogen-bond donors (Lipinski definition) is 1. The van der Waals surface area contributed by atoms with Crippen LogP contribution in [0.4, 0.5) is 10.5 Å². The average molecular weight is 415 g/mol. The third kappa shape index (κ3) is 6.23. The van der Waals surface area contributed by atoms with Crippen LogP contribution < -0.4 is 5.32 Å². The molecule has 1 aromatic heterocycles. The van der Waals surface area contributed by atoms with Crippen LogP contribution in [0.25, 0.3) is 0 Å². The van der Waals surface area contributed by atoms with E-state index in [1.165, 1.54) is 11.1 Å². The minimum absolute atomic E-state index is 0.144. The maximum Gasteiger partial charge on any atom is 0.322 e. The highest BCUT2D eigenvalue weighted by atomic mass is 16.2. The number of benzene rings is 2. The first-order valence-electron chi connectivity index (χ1n) is 10.9. The van der Waals surface area contributed by atoms with Crippen LogP contribution in [-0.4, -0.2) is 22.0 Å². The lowest BCUT2D eigenvalue weighted by atomic mass is 10.1. The van der Waals surface area contributed by atoms with Crippen molar-refractivity contribution >= 4 is 11.7 Å². The molecule has 0 unspecified atom stereocenters. The van der Waals surface area contributed by atoms with Crippen molar-refractivity contribution in [2.24, 2.45) is 0 Å². The lowest BCUT2D eigenvalue weighted by Gasteiger charge is -2.24. The normalized spacial score (nSPS) is 10.5. The molecule has 0 saturated heterocycles. The SMILES string of the molecule is CCCCCN(Cc1cccn1Cc1ccccc1C)C(=O)Nc1cccc(C#N)c1. The Hall–Kier alpha value is -3.52. The third-order valence-electron chi connectivity index (χ3n) is 5.44. The number of nitriles is 1. The minimum atomic E-state index is -0.144. The summed E-state index contributed by atoms with van der Waals surface area (Å²) in [5.74, 6) is 0. The van der Waals surface area contributed by atoms with Gasteiger partial charge in [0.05, 0.1) is 18.2 Å². The van der Waals surface area contributed by atoms with Crippen molar-refractivity contribution in [2.75, 3.05) is 11.9 Å². The van der Waals surface area contributed by atoms with E-state index in [-0.39, 0.29) is 6.03 Å². The van der Waals surface area contributed by atoms with Crippen LogP contribution in [0.5, 0.6) is 0 Å². The van der Waals surface area contributed by atoms with Crippen molar-refractivity contribution in [3.05, 3.63) is 89.2 Å². The summed E-state index contributed by atoms with van der Waals surface area (Å²) < 4.78 is 2.21. The Kier molecular flexibility index (Phi) is 7.89. The van der Waals surface area contributed by atoms with E-state index in [4.69, 9.17) is 5.26 Å². The molecule has 31 heavy (non-hydrogen) atoms. The van der Waals surface area contributed by atoms with Crippen LogP contribution in [0, 0.1) is 18.3 Å². The van der Waals surface area contributed by atoms with E-state index in [0.29, 0.717) is 24.3 Å². The molecule has 3 rings (SSSR count). The summed E-state index contributed by atoms with van der Waals surface area (Å²) >= 11 is 0. The van der Waals surface area contributed by atoms with E-state index < -0.39 is 0 Å². The summed E-state index contributed by atoms with van der Waals surface area (Å²) in [7, 11) is 0.